The third-order valence-corrected chi connectivity index (χ3v) is 10.7. The Morgan fingerprint density at radius 3 is 2.15 bits per heavy atom. The van der Waals surface area contributed by atoms with Crippen LogP contribution in [-0.2, 0) is 14.2 Å². The van der Waals surface area contributed by atoms with Crippen LogP contribution in [-0.4, -0.2) is 41.8 Å². The molecule has 0 aromatic heterocycles. The lowest BCUT2D eigenvalue weighted by atomic mass is 9.58. The maximum atomic E-state index is 14.4. The summed E-state index contributed by atoms with van der Waals surface area (Å²) in [6.45, 7) is 0.241. The van der Waals surface area contributed by atoms with E-state index >= 15 is 0 Å². The number of ether oxygens (including phenoxy) is 1. The molecule has 2 aliphatic heterocycles. The lowest BCUT2D eigenvalue weighted by molar-refractivity contribution is -0.122. The maximum absolute atomic E-state index is 14.4. The average Bonchev–Trinajstić information content (AvgIpc) is 3.45. The van der Waals surface area contributed by atoms with Gasteiger partial charge in [0, 0.05) is 11.4 Å². The van der Waals surface area contributed by atoms with Gasteiger partial charge in [0.2, 0.25) is 11.8 Å². The Balaban J connectivity index is 1.10. The van der Waals surface area contributed by atoms with Crippen molar-refractivity contribution >= 4 is 47.6 Å². The number of phenols is 1. The summed E-state index contributed by atoms with van der Waals surface area (Å²) in [6.07, 6.45) is 3.33. The molecule has 0 unspecified atom stereocenters. The Labute approximate surface area is 315 Å². The molecule has 2 amide bonds. The number of hydrogen-bond donors (Lipinski definition) is 3. The molecule has 1 aliphatic carbocycles. The number of aromatic hydroxyl groups is 1. The van der Waals surface area contributed by atoms with E-state index in [1.54, 1.807) is 24.3 Å². The van der Waals surface area contributed by atoms with Crippen LogP contribution in [0.1, 0.15) is 30.4 Å². The molecule has 0 radical (unpaired) electrons. The van der Waals surface area contributed by atoms with Gasteiger partial charge in [-0.2, -0.15) is 0 Å². The lowest BCUT2D eigenvalue weighted by Crippen LogP contribution is -2.46. The van der Waals surface area contributed by atoms with Crippen molar-refractivity contribution in [3.8, 4) is 11.5 Å². The Bertz CT molecular complexity index is 2160. The molecule has 2 fully saturated rings. The fourth-order valence-corrected chi connectivity index (χ4v) is 8.23. The second-order valence-corrected chi connectivity index (χ2v) is 14.1. The summed E-state index contributed by atoms with van der Waals surface area (Å²) in [5.41, 5.74) is 7.28. The number of nitrogens with one attached hydrogen (secondary N) is 1. The Hall–Kier alpha value is -5.90. The number of imide groups is 1. The average molecular weight is 717 g/mol. The van der Waals surface area contributed by atoms with Crippen LogP contribution in [0.2, 0.25) is 6.32 Å². The maximum Gasteiger partial charge on any atom is 0.455 e. The molecule has 2 heterocycles. The Kier molecular flexibility index (Phi) is 10.2. The largest absolute Gasteiger partial charge is 0.508 e. The minimum Gasteiger partial charge on any atom is -0.508 e. The van der Waals surface area contributed by atoms with Gasteiger partial charge >= 0.3 is 7.12 Å². The highest BCUT2D eigenvalue weighted by Crippen LogP contribution is 2.51. The number of allylic oxidation sites excluding steroid dienone is 1. The van der Waals surface area contributed by atoms with E-state index in [0.29, 0.717) is 30.7 Å². The number of nitrogens with zero attached hydrogens (tertiary/aromatic N) is 1. The van der Waals surface area contributed by atoms with Crippen molar-refractivity contribution in [1.82, 2.24) is 0 Å². The van der Waals surface area contributed by atoms with Gasteiger partial charge in [-0.25, -0.2) is 0 Å². The molecule has 0 saturated carbocycles. The predicted octanol–water partition coefficient (Wildman–Crippen LogP) is 8.54. The van der Waals surface area contributed by atoms with Gasteiger partial charge in [0.05, 0.1) is 23.6 Å². The summed E-state index contributed by atoms with van der Waals surface area (Å²) in [7, 11) is -1.10. The highest BCUT2D eigenvalue weighted by Gasteiger charge is 2.57. The van der Waals surface area contributed by atoms with Crippen molar-refractivity contribution in [2.75, 3.05) is 16.8 Å². The first kappa shape index (κ1) is 35.2. The van der Waals surface area contributed by atoms with Gasteiger partial charge in [0.15, 0.2) is 0 Å². The zero-order valence-corrected chi connectivity index (χ0v) is 29.8. The van der Waals surface area contributed by atoms with E-state index in [4.69, 9.17) is 9.39 Å². The summed E-state index contributed by atoms with van der Waals surface area (Å²) in [4.78, 5) is 30.0. The highest BCUT2D eigenvalue weighted by molar-refractivity contribution is 6.43. The van der Waals surface area contributed by atoms with Gasteiger partial charge in [-0.3, -0.25) is 14.5 Å². The first-order chi connectivity index (χ1) is 26.4. The minimum absolute atomic E-state index is 0.201. The second-order valence-electron chi connectivity index (χ2n) is 14.1. The van der Waals surface area contributed by atoms with Crippen LogP contribution >= 0.6 is 0 Å². The molecule has 5 aromatic carbocycles. The van der Waals surface area contributed by atoms with Crippen LogP contribution in [0.3, 0.4) is 0 Å². The van der Waals surface area contributed by atoms with Gasteiger partial charge in [0.25, 0.3) is 0 Å². The quantitative estimate of drug-likeness (QED) is 0.0544. The number of para-hydroxylation sites is 2. The second kappa shape index (κ2) is 15.6. The Morgan fingerprint density at radius 2 is 1.44 bits per heavy atom. The SMILES string of the molecule is O=C1[C@@H]2[C@@H](CC(COc3ccccc3)=C3[C@@H](CC/C(=C/c4ccc(O)cc4)c4ccccc4)OB(O)C[C@@H]32)C(=O)N1c1ccc(Nc2ccccc2)cc1. The third-order valence-electron chi connectivity index (χ3n) is 10.7. The van der Waals surface area contributed by atoms with E-state index in [1.807, 2.05) is 103 Å². The number of carbonyl (C=O) groups is 2. The molecule has 5 aromatic rings. The summed E-state index contributed by atoms with van der Waals surface area (Å²) < 4.78 is 12.7. The van der Waals surface area contributed by atoms with Crippen LogP contribution in [0.25, 0.3) is 11.6 Å². The van der Waals surface area contributed by atoms with Crippen LogP contribution in [0, 0.1) is 17.8 Å². The van der Waals surface area contributed by atoms with Crippen LogP contribution < -0.4 is 15.0 Å². The third kappa shape index (κ3) is 7.46. The number of amides is 2. The molecule has 3 N–H and O–H groups in total. The molecule has 8 rings (SSSR count). The van der Waals surface area contributed by atoms with Crippen LogP contribution in [0.5, 0.6) is 11.5 Å². The van der Waals surface area contributed by atoms with Crippen molar-refractivity contribution in [3.63, 3.8) is 0 Å². The minimum atomic E-state index is -1.10. The lowest BCUT2D eigenvalue weighted by Gasteiger charge is -2.43. The van der Waals surface area contributed by atoms with Crippen molar-refractivity contribution in [1.29, 1.82) is 0 Å². The zero-order valence-electron chi connectivity index (χ0n) is 29.8. The van der Waals surface area contributed by atoms with Gasteiger partial charge in [-0.15, -0.1) is 0 Å². The van der Waals surface area contributed by atoms with E-state index in [2.05, 4.69) is 23.5 Å². The van der Waals surface area contributed by atoms with Crippen LogP contribution in [0.4, 0.5) is 17.1 Å². The number of benzene rings is 5. The smallest absolute Gasteiger partial charge is 0.455 e. The number of fused-ring (bicyclic) bond motifs is 3. The first-order valence-corrected chi connectivity index (χ1v) is 18.5. The molecule has 54 heavy (non-hydrogen) atoms. The van der Waals surface area contributed by atoms with Crippen molar-refractivity contribution in [2.24, 2.45) is 17.8 Å². The molecule has 3 aliphatic rings. The number of anilines is 3. The van der Waals surface area contributed by atoms with Gasteiger partial charge in [-0.1, -0.05) is 84.9 Å². The zero-order chi connectivity index (χ0) is 37.0. The number of rotatable bonds is 11. The molecule has 4 atom stereocenters. The van der Waals surface area contributed by atoms with Crippen LogP contribution in [0.15, 0.2) is 151 Å². The molecule has 270 valence electrons. The fraction of sp³-hybridized carbons (Fsp3) is 0.200. The number of phenolic OH excluding ortho intramolecular Hbond substituents is 1. The number of hydrogen-bond acceptors (Lipinski definition) is 7. The predicted molar refractivity (Wildman–Crippen MR) is 212 cm³/mol. The van der Waals surface area contributed by atoms with Gasteiger partial charge in [-0.05, 0) is 120 Å². The number of carbonyl (C=O) groups excluding carboxylic acids is 2. The van der Waals surface area contributed by atoms with Gasteiger partial charge in [0.1, 0.15) is 18.1 Å². The van der Waals surface area contributed by atoms with Crippen molar-refractivity contribution in [3.05, 3.63) is 162 Å². The molecular weight excluding hydrogens is 675 g/mol. The highest BCUT2D eigenvalue weighted by atomic mass is 16.5. The van der Waals surface area contributed by atoms with Crippen molar-refractivity contribution in [2.45, 2.75) is 31.7 Å². The standard InChI is InChI=1S/C45H41BN2O6/c49-37-23-16-30(17-24-37)26-32(31-10-4-1-5-11-31)18-25-41-42-33(29-53-38-14-8-3-9-15-38)27-39-43(40(42)28-46(52)54-41)45(51)48(44(39)50)36-21-19-35(20-22-36)47-34-12-6-2-7-13-34/h1-17,19-24,26,39-41,43,47,49,52H,18,25,27-29H2/b32-26-/t39-,40+,41-,43-/m1/s1. The summed E-state index contributed by atoms with van der Waals surface area (Å²) in [5, 5.41) is 24.5. The normalized spacial score (nSPS) is 21.2. The molecule has 8 nitrogen and oxygen atoms in total. The van der Waals surface area contributed by atoms with Crippen molar-refractivity contribution < 1.29 is 29.1 Å². The molecular formula is C45H41BN2O6. The molecule has 2 saturated heterocycles. The monoisotopic (exact) mass is 716 g/mol. The molecule has 0 spiro atoms. The fourth-order valence-electron chi connectivity index (χ4n) is 8.23. The van der Waals surface area contributed by atoms with E-state index < -0.39 is 31.0 Å². The summed E-state index contributed by atoms with van der Waals surface area (Å²) in [5.74, 6) is -1.17. The Morgan fingerprint density at radius 1 is 0.796 bits per heavy atom. The van der Waals surface area contributed by atoms with E-state index in [-0.39, 0.29) is 30.5 Å². The van der Waals surface area contributed by atoms with E-state index in [0.717, 1.165) is 39.2 Å². The molecule has 9 heteroatoms. The summed E-state index contributed by atoms with van der Waals surface area (Å²) >= 11 is 0. The summed E-state index contributed by atoms with van der Waals surface area (Å²) in [6, 6.07) is 43.9. The van der Waals surface area contributed by atoms with Gasteiger partial charge < -0.3 is 24.8 Å². The van der Waals surface area contributed by atoms with E-state index in [1.165, 1.54) is 4.90 Å². The topological polar surface area (TPSA) is 108 Å². The first-order valence-electron chi connectivity index (χ1n) is 18.5. The van der Waals surface area contributed by atoms with E-state index in [9.17, 15) is 19.7 Å². The molecule has 0 bridgehead atoms.